The lowest BCUT2D eigenvalue weighted by atomic mass is 10.1. The topological polar surface area (TPSA) is 64.1 Å². The highest BCUT2D eigenvalue weighted by atomic mass is 32.2. The maximum Gasteiger partial charge on any atom is 0.267 e. The molecule has 7 heteroatoms. The van der Waals surface area contributed by atoms with E-state index in [0.717, 1.165) is 27.0 Å². The third kappa shape index (κ3) is 5.56. The zero-order valence-electron chi connectivity index (χ0n) is 16.1. The van der Waals surface area contributed by atoms with Crippen LogP contribution in [0, 0.1) is 13.8 Å². The molecule has 2 aromatic carbocycles. The Morgan fingerprint density at radius 1 is 1.18 bits per heavy atom. The van der Waals surface area contributed by atoms with Crippen molar-refractivity contribution in [3.63, 3.8) is 0 Å². The molecular weight excluding hydrogens is 390 g/mol. The van der Waals surface area contributed by atoms with Gasteiger partial charge in [-0.1, -0.05) is 72.5 Å². The second-order valence-corrected chi connectivity index (χ2v) is 8.62. The van der Waals surface area contributed by atoms with Gasteiger partial charge < -0.3 is 4.74 Å². The van der Waals surface area contributed by atoms with Crippen molar-refractivity contribution in [1.82, 2.24) is 10.2 Å². The van der Waals surface area contributed by atoms with Gasteiger partial charge in [0.2, 0.25) is 5.13 Å². The van der Waals surface area contributed by atoms with Crippen LogP contribution in [0.5, 0.6) is 5.75 Å². The molecule has 5 nitrogen and oxygen atoms in total. The first-order valence-electron chi connectivity index (χ1n) is 9.10. The summed E-state index contributed by atoms with van der Waals surface area (Å²) >= 11 is 2.98. The quantitative estimate of drug-likeness (QED) is 0.404. The van der Waals surface area contributed by atoms with Crippen LogP contribution >= 0.6 is 23.1 Å². The van der Waals surface area contributed by atoms with Crippen molar-refractivity contribution in [3.05, 3.63) is 65.2 Å². The predicted molar refractivity (Wildman–Crippen MR) is 115 cm³/mol. The number of aryl methyl sites for hydroxylation is 2. The number of hydrogen-bond acceptors (Lipinski definition) is 6. The Hall–Kier alpha value is -2.38. The van der Waals surface area contributed by atoms with Crippen molar-refractivity contribution >= 4 is 34.1 Å². The van der Waals surface area contributed by atoms with Gasteiger partial charge in [0.25, 0.3) is 5.91 Å². The van der Waals surface area contributed by atoms with Crippen LogP contribution in [-0.2, 0) is 10.5 Å². The summed E-state index contributed by atoms with van der Waals surface area (Å²) in [4.78, 5) is 12.6. The maximum absolute atomic E-state index is 12.6. The predicted octanol–water partition coefficient (Wildman–Crippen LogP) is 5.24. The molecular formula is C21H23N3O2S2. The fourth-order valence-electron chi connectivity index (χ4n) is 2.53. The minimum Gasteiger partial charge on any atom is -0.480 e. The van der Waals surface area contributed by atoms with Gasteiger partial charge in [-0.05, 0) is 43.0 Å². The van der Waals surface area contributed by atoms with Crippen LogP contribution in [0.1, 0.15) is 30.0 Å². The number of anilines is 1. The van der Waals surface area contributed by atoms with Crippen molar-refractivity contribution in [2.24, 2.45) is 0 Å². The third-order valence-corrected chi connectivity index (χ3v) is 6.16. The number of aromatic nitrogens is 2. The van der Waals surface area contributed by atoms with Gasteiger partial charge in [0.15, 0.2) is 10.4 Å². The second kappa shape index (κ2) is 9.71. The summed E-state index contributed by atoms with van der Waals surface area (Å²) in [6, 6.07) is 16.2. The van der Waals surface area contributed by atoms with E-state index >= 15 is 0 Å². The van der Waals surface area contributed by atoms with Gasteiger partial charge in [0.1, 0.15) is 5.75 Å². The van der Waals surface area contributed by atoms with E-state index in [-0.39, 0.29) is 5.91 Å². The van der Waals surface area contributed by atoms with Crippen molar-refractivity contribution in [2.45, 2.75) is 43.4 Å². The molecule has 0 aliphatic heterocycles. The standard InChI is InChI=1S/C21H23N3O2S2/c1-4-17(26-18-12-14(2)10-11-15(18)3)19(25)22-20-23-24-21(28-20)27-13-16-8-6-5-7-9-16/h5-12,17H,4,13H2,1-3H3,(H,22,23,25). The van der Waals surface area contributed by atoms with Crippen LogP contribution in [0.25, 0.3) is 0 Å². The van der Waals surface area contributed by atoms with E-state index in [4.69, 9.17) is 4.74 Å². The van der Waals surface area contributed by atoms with Crippen LogP contribution in [-0.4, -0.2) is 22.2 Å². The summed E-state index contributed by atoms with van der Waals surface area (Å²) in [5, 5.41) is 11.6. The van der Waals surface area contributed by atoms with Gasteiger partial charge in [-0.2, -0.15) is 0 Å². The Kier molecular flexibility index (Phi) is 7.06. The number of carbonyl (C=O) groups excluding carboxylic acids is 1. The van der Waals surface area contributed by atoms with Gasteiger partial charge in [-0.25, -0.2) is 0 Å². The molecule has 0 fully saturated rings. The van der Waals surface area contributed by atoms with E-state index in [1.54, 1.807) is 11.8 Å². The van der Waals surface area contributed by atoms with E-state index in [9.17, 15) is 4.79 Å². The zero-order chi connectivity index (χ0) is 19.9. The average molecular weight is 414 g/mol. The van der Waals surface area contributed by atoms with Crippen LogP contribution < -0.4 is 10.1 Å². The summed E-state index contributed by atoms with van der Waals surface area (Å²) in [5.74, 6) is 1.34. The number of hydrogen-bond donors (Lipinski definition) is 1. The van der Waals surface area contributed by atoms with Gasteiger partial charge >= 0.3 is 0 Å². The minimum absolute atomic E-state index is 0.209. The number of rotatable bonds is 8. The number of carbonyl (C=O) groups is 1. The Balaban J connectivity index is 1.58. The normalized spacial score (nSPS) is 11.8. The number of benzene rings is 2. The van der Waals surface area contributed by atoms with E-state index in [1.807, 2.05) is 57.2 Å². The summed E-state index contributed by atoms with van der Waals surface area (Å²) in [6.07, 6.45) is -0.0157. The smallest absolute Gasteiger partial charge is 0.267 e. The number of nitrogens with one attached hydrogen (secondary N) is 1. The first kappa shape index (κ1) is 20.4. The highest BCUT2D eigenvalue weighted by molar-refractivity contribution is 8.00. The Bertz CT molecular complexity index is 928. The monoisotopic (exact) mass is 413 g/mol. The average Bonchev–Trinajstić information content (AvgIpc) is 3.15. The van der Waals surface area contributed by atoms with Crippen LogP contribution in [0.4, 0.5) is 5.13 Å². The molecule has 1 amide bonds. The van der Waals surface area contributed by atoms with Crippen molar-refractivity contribution in [3.8, 4) is 5.75 Å². The third-order valence-electron chi connectivity index (χ3n) is 4.12. The first-order chi connectivity index (χ1) is 13.5. The zero-order valence-corrected chi connectivity index (χ0v) is 17.8. The van der Waals surface area contributed by atoms with Crippen LogP contribution in [0.2, 0.25) is 0 Å². The molecule has 28 heavy (non-hydrogen) atoms. The van der Waals surface area contributed by atoms with Crippen molar-refractivity contribution < 1.29 is 9.53 Å². The molecule has 146 valence electrons. The van der Waals surface area contributed by atoms with E-state index in [1.165, 1.54) is 16.9 Å². The van der Waals surface area contributed by atoms with E-state index in [0.29, 0.717) is 11.6 Å². The summed E-state index contributed by atoms with van der Waals surface area (Å²) < 4.78 is 6.78. The Morgan fingerprint density at radius 2 is 1.96 bits per heavy atom. The van der Waals surface area contributed by atoms with E-state index in [2.05, 4.69) is 27.6 Å². The lowest BCUT2D eigenvalue weighted by molar-refractivity contribution is -0.122. The number of amides is 1. The molecule has 0 saturated heterocycles. The maximum atomic E-state index is 12.6. The molecule has 0 radical (unpaired) electrons. The molecule has 0 saturated carbocycles. The Labute approximate surface area is 173 Å². The van der Waals surface area contributed by atoms with Crippen molar-refractivity contribution in [2.75, 3.05) is 5.32 Å². The van der Waals surface area contributed by atoms with Gasteiger partial charge in [0.05, 0.1) is 0 Å². The number of thioether (sulfide) groups is 1. The number of nitrogens with zero attached hydrogens (tertiary/aromatic N) is 2. The molecule has 0 bridgehead atoms. The lowest BCUT2D eigenvalue weighted by Crippen LogP contribution is -2.32. The molecule has 1 heterocycles. The van der Waals surface area contributed by atoms with Crippen molar-refractivity contribution in [1.29, 1.82) is 0 Å². The van der Waals surface area contributed by atoms with Crippen LogP contribution in [0.15, 0.2) is 52.9 Å². The van der Waals surface area contributed by atoms with Gasteiger partial charge in [-0.15, -0.1) is 10.2 Å². The highest BCUT2D eigenvalue weighted by Gasteiger charge is 2.21. The second-order valence-electron chi connectivity index (χ2n) is 6.42. The molecule has 1 N–H and O–H groups in total. The molecule has 0 aliphatic rings. The summed E-state index contributed by atoms with van der Waals surface area (Å²) in [5.41, 5.74) is 3.33. The minimum atomic E-state index is -0.579. The van der Waals surface area contributed by atoms with Crippen LogP contribution in [0.3, 0.4) is 0 Å². The fraction of sp³-hybridized carbons (Fsp3) is 0.286. The molecule has 1 aromatic heterocycles. The SMILES string of the molecule is CCC(Oc1cc(C)ccc1C)C(=O)Nc1nnc(SCc2ccccc2)s1. The largest absolute Gasteiger partial charge is 0.480 e. The molecule has 3 rings (SSSR count). The fourth-order valence-corrected chi connectivity index (χ4v) is 4.24. The first-order valence-corrected chi connectivity index (χ1v) is 10.9. The lowest BCUT2D eigenvalue weighted by Gasteiger charge is -2.18. The number of ether oxygens (including phenoxy) is 1. The molecule has 0 spiro atoms. The molecule has 1 atom stereocenters. The van der Waals surface area contributed by atoms with Gasteiger partial charge in [0, 0.05) is 5.75 Å². The summed E-state index contributed by atoms with van der Waals surface area (Å²) in [6.45, 7) is 5.90. The molecule has 3 aromatic rings. The Morgan fingerprint density at radius 3 is 2.71 bits per heavy atom. The summed E-state index contributed by atoms with van der Waals surface area (Å²) in [7, 11) is 0. The highest BCUT2D eigenvalue weighted by Crippen LogP contribution is 2.28. The molecule has 0 aliphatic carbocycles. The van der Waals surface area contributed by atoms with E-state index < -0.39 is 6.10 Å². The van der Waals surface area contributed by atoms with Gasteiger partial charge in [-0.3, -0.25) is 10.1 Å². The molecule has 1 unspecified atom stereocenters.